The maximum Gasteiger partial charge on any atom is 0.117 e. The van der Waals surface area contributed by atoms with E-state index in [0.717, 1.165) is 12.2 Å². The van der Waals surface area contributed by atoms with Gasteiger partial charge in [0.05, 0.1) is 6.54 Å². The molecule has 1 rings (SSSR count). The zero-order valence-corrected chi connectivity index (χ0v) is 7.07. The molecule has 0 fully saturated rings. The molecule has 0 aliphatic heterocycles. The number of imidazole rings is 1. The summed E-state index contributed by atoms with van der Waals surface area (Å²) in [4.78, 5) is 4.05. The van der Waals surface area contributed by atoms with Crippen LogP contribution in [0.5, 0.6) is 0 Å². The molecule has 0 radical (unpaired) electrons. The largest absolute Gasteiger partial charge is 0.389 e. The van der Waals surface area contributed by atoms with Crippen LogP contribution in [-0.4, -0.2) is 27.4 Å². The van der Waals surface area contributed by atoms with Crippen molar-refractivity contribution in [1.29, 1.82) is 0 Å². The minimum Gasteiger partial charge on any atom is -0.389 e. The predicted molar refractivity (Wildman–Crippen MR) is 43.6 cm³/mol. The third-order valence-electron chi connectivity index (χ3n) is 1.70. The lowest BCUT2D eigenvalue weighted by molar-refractivity contribution is 0.121. The number of aryl methyl sites for hydroxylation is 1. The average molecular weight is 172 g/mol. The SMILES string of the molecule is CCc1nccn1CC(O)CF. The van der Waals surface area contributed by atoms with Crippen molar-refractivity contribution < 1.29 is 9.50 Å². The molecule has 0 saturated heterocycles. The Morgan fingerprint density at radius 2 is 2.50 bits per heavy atom. The van der Waals surface area contributed by atoms with Gasteiger partial charge in [-0.05, 0) is 0 Å². The fourth-order valence-corrected chi connectivity index (χ4v) is 1.10. The van der Waals surface area contributed by atoms with Gasteiger partial charge in [-0.2, -0.15) is 0 Å². The fraction of sp³-hybridized carbons (Fsp3) is 0.625. The van der Waals surface area contributed by atoms with Gasteiger partial charge in [0.15, 0.2) is 0 Å². The summed E-state index contributed by atoms with van der Waals surface area (Å²) in [6.07, 6.45) is 3.29. The third kappa shape index (κ3) is 2.04. The van der Waals surface area contributed by atoms with E-state index in [1.165, 1.54) is 0 Å². The van der Waals surface area contributed by atoms with Crippen molar-refractivity contribution in [2.24, 2.45) is 0 Å². The monoisotopic (exact) mass is 172 g/mol. The number of aliphatic hydroxyl groups is 1. The van der Waals surface area contributed by atoms with Gasteiger partial charge in [-0.3, -0.25) is 0 Å². The van der Waals surface area contributed by atoms with E-state index in [9.17, 15) is 4.39 Å². The van der Waals surface area contributed by atoms with Gasteiger partial charge in [0.1, 0.15) is 18.6 Å². The van der Waals surface area contributed by atoms with Crippen LogP contribution in [0.3, 0.4) is 0 Å². The molecule has 1 heterocycles. The molecule has 1 aromatic rings. The topological polar surface area (TPSA) is 38.0 Å². The zero-order valence-electron chi connectivity index (χ0n) is 7.07. The minimum atomic E-state index is -0.913. The van der Waals surface area contributed by atoms with E-state index >= 15 is 0 Å². The molecule has 1 aromatic heterocycles. The van der Waals surface area contributed by atoms with E-state index < -0.39 is 12.8 Å². The van der Waals surface area contributed by atoms with Crippen molar-refractivity contribution in [3.63, 3.8) is 0 Å². The molecule has 1 unspecified atom stereocenters. The average Bonchev–Trinajstić information content (AvgIpc) is 2.51. The van der Waals surface area contributed by atoms with Crippen LogP contribution in [0.1, 0.15) is 12.7 Å². The van der Waals surface area contributed by atoms with Crippen molar-refractivity contribution in [2.45, 2.75) is 26.0 Å². The normalized spacial score (nSPS) is 13.2. The van der Waals surface area contributed by atoms with Crippen LogP contribution in [0.15, 0.2) is 12.4 Å². The van der Waals surface area contributed by atoms with Crippen LogP contribution in [-0.2, 0) is 13.0 Å². The lowest BCUT2D eigenvalue weighted by Crippen LogP contribution is -2.18. The summed E-state index contributed by atoms with van der Waals surface area (Å²) in [5.74, 6) is 0.877. The van der Waals surface area contributed by atoms with Gasteiger partial charge in [0, 0.05) is 18.8 Å². The van der Waals surface area contributed by atoms with Crippen molar-refractivity contribution in [1.82, 2.24) is 9.55 Å². The van der Waals surface area contributed by atoms with Gasteiger partial charge in [-0.1, -0.05) is 6.92 Å². The number of rotatable bonds is 4. The summed E-state index contributed by atoms with van der Waals surface area (Å²) in [5.41, 5.74) is 0. The Labute approximate surface area is 70.9 Å². The molecular weight excluding hydrogens is 159 g/mol. The van der Waals surface area contributed by atoms with Gasteiger partial charge < -0.3 is 9.67 Å². The summed E-state index contributed by atoms with van der Waals surface area (Å²) < 4.78 is 13.7. The molecule has 0 aliphatic carbocycles. The van der Waals surface area contributed by atoms with Gasteiger partial charge in [-0.25, -0.2) is 9.37 Å². The Kier molecular flexibility index (Phi) is 3.22. The second-order valence-electron chi connectivity index (χ2n) is 2.66. The number of halogens is 1. The van der Waals surface area contributed by atoms with E-state index in [1.54, 1.807) is 17.0 Å². The molecule has 0 bridgehead atoms. The second-order valence-corrected chi connectivity index (χ2v) is 2.66. The molecule has 1 atom stereocenters. The number of alkyl halides is 1. The van der Waals surface area contributed by atoms with Gasteiger partial charge in [0.2, 0.25) is 0 Å². The number of hydrogen-bond donors (Lipinski definition) is 1. The van der Waals surface area contributed by atoms with Crippen LogP contribution in [0.25, 0.3) is 0 Å². The first-order valence-electron chi connectivity index (χ1n) is 4.02. The maximum absolute atomic E-state index is 11.9. The van der Waals surface area contributed by atoms with Gasteiger partial charge in [-0.15, -0.1) is 0 Å². The molecule has 0 aliphatic rings. The molecule has 68 valence electrons. The highest BCUT2D eigenvalue weighted by Crippen LogP contribution is 2.00. The summed E-state index contributed by atoms with van der Waals surface area (Å²) in [5, 5.41) is 9.03. The summed E-state index contributed by atoms with van der Waals surface area (Å²) >= 11 is 0. The quantitative estimate of drug-likeness (QED) is 0.728. The molecule has 4 heteroatoms. The fourth-order valence-electron chi connectivity index (χ4n) is 1.10. The van der Waals surface area contributed by atoms with Crippen molar-refractivity contribution in [3.8, 4) is 0 Å². The molecule has 0 spiro atoms. The molecule has 0 amide bonds. The summed E-state index contributed by atoms with van der Waals surface area (Å²) in [6.45, 7) is 1.56. The molecule has 0 saturated carbocycles. The number of aromatic nitrogens is 2. The number of aliphatic hydroxyl groups excluding tert-OH is 1. The van der Waals surface area contributed by atoms with Crippen LogP contribution in [0.4, 0.5) is 4.39 Å². The number of hydrogen-bond acceptors (Lipinski definition) is 2. The lowest BCUT2D eigenvalue weighted by atomic mass is 10.3. The predicted octanol–water partition coefficient (Wildman–Crippen LogP) is 0.776. The summed E-state index contributed by atoms with van der Waals surface area (Å²) in [7, 11) is 0. The first-order valence-corrected chi connectivity index (χ1v) is 4.02. The Bertz CT molecular complexity index is 237. The highest BCUT2D eigenvalue weighted by Gasteiger charge is 2.06. The Morgan fingerprint density at radius 1 is 1.75 bits per heavy atom. The van der Waals surface area contributed by atoms with Crippen molar-refractivity contribution >= 4 is 0 Å². The van der Waals surface area contributed by atoms with Crippen LogP contribution >= 0.6 is 0 Å². The first-order chi connectivity index (χ1) is 5.77. The highest BCUT2D eigenvalue weighted by molar-refractivity contribution is 4.91. The van der Waals surface area contributed by atoms with E-state index in [4.69, 9.17) is 5.11 Å². The second kappa shape index (κ2) is 4.21. The van der Waals surface area contributed by atoms with Crippen LogP contribution in [0.2, 0.25) is 0 Å². The molecule has 12 heavy (non-hydrogen) atoms. The van der Waals surface area contributed by atoms with E-state index in [1.807, 2.05) is 6.92 Å². The Morgan fingerprint density at radius 3 is 3.08 bits per heavy atom. The smallest absolute Gasteiger partial charge is 0.117 e. The van der Waals surface area contributed by atoms with E-state index in [2.05, 4.69) is 4.98 Å². The lowest BCUT2D eigenvalue weighted by Gasteiger charge is -2.09. The molecule has 3 nitrogen and oxygen atoms in total. The van der Waals surface area contributed by atoms with Crippen molar-refractivity contribution in [2.75, 3.05) is 6.67 Å². The maximum atomic E-state index is 11.9. The summed E-state index contributed by atoms with van der Waals surface area (Å²) in [6, 6.07) is 0. The molecular formula is C8H13FN2O. The van der Waals surface area contributed by atoms with Gasteiger partial charge >= 0.3 is 0 Å². The van der Waals surface area contributed by atoms with Crippen LogP contribution < -0.4 is 0 Å². The highest BCUT2D eigenvalue weighted by atomic mass is 19.1. The molecule has 0 aromatic carbocycles. The third-order valence-corrected chi connectivity index (χ3v) is 1.70. The molecule has 1 N–H and O–H groups in total. The Hall–Kier alpha value is -0.900. The first kappa shape index (κ1) is 9.19. The minimum absolute atomic E-state index is 0.291. The van der Waals surface area contributed by atoms with Gasteiger partial charge in [0.25, 0.3) is 0 Å². The van der Waals surface area contributed by atoms with E-state index in [-0.39, 0.29) is 0 Å². The van der Waals surface area contributed by atoms with Crippen molar-refractivity contribution in [3.05, 3.63) is 18.2 Å². The van der Waals surface area contributed by atoms with E-state index in [0.29, 0.717) is 6.54 Å². The zero-order chi connectivity index (χ0) is 8.97. The van der Waals surface area contributed by atoms with Crippen LogP contribution in [0, 0.1) is 0 Å². The number of nitrogens with zero attached hydrogens (tertiary/aromatic N) is 2. The standard InChI is InChI=1S/C8H13FN2O/c1-2-8-10-3-4-11(8)6-7(12)5-9/h3-4,7,12H,2,5-6H2,1H3. The Balaban J connectivity index is 2.61.